The number of nitrogens with one attached hydrogen (secondary N) is 2. The van der Waals surface area contributed by atoms with Crippen LogP contribution in [0.1, 0.15) is 127 Å². The number of oxime groups is 1. The van der Waals surface area contributed by atoms with Crippen LogP contribution >= 0.6 is 11.8 Å². The Morgan fingerprint density at radius 3 is 2.50 bits per heavy atom. The van der Waals surface area contributed by atoms with Crippen LogP contribution in [-0.4, -0.2) is 127 Å². The summed E-state index contributed by atoms with van der Waals surface area (Å²) in [5.74, 6) is 0.113. The first-order valence-corrected chi connectivity index (χ1v) is 24.3. The number of ether oxygens (including phenoxy) is 4. The number of rotatable bonds is 20. The normalized spacial score (nSPS) is 23.0. The fourth-order valence-corrected chi connectivity index (χ4v) is 9.35. The largest absolute Gasteiger partial charge is 0.508 e. The maximum absolute atomic E-state index is 13.6. The zero-order chi connectivity index (χ0) is 46.7. The van der Waals surface area contributed by atoms with E-state index in [1.54, 1.807) is 49.1 Å². The zero-order valence-corrected chi connectivity index (χ0v) is 39.8. The van der Waals surface area contributed by atoms with Crippen LogP contribution in [0.3, 0.4) is 0 Å². The number of aryl methyl sites for hydroxylation is 1. The van der Waals surface area contributed by atoms with Crippen molar-refractivity contribution >= 4 is 47.1 Å². The molecule has 2 unspecified atom stereocenters. The van der Waals surface area contributed by atoms with Crippen molar-refractivity contribution in [2.24, 2.45) is 11.1 Å². The molecule has 2 fully saturated rings. The molecular formula is C48H74N4O11S. The molecule has 1 aromatic rings. The number of carbonyl (C=O) groups excluding carboxylic acids is 5. The first-order chi connectivity index (χ1) is 30.9. The first-order valence-electron chi connectivity index (χ1n) is 23.3. The number of likely N-dealkylation sites (tertiary alicyclic amines) is 1. The van der Waals surface area contributed by atoms with Gasteiger partial charge in [0.1, 0.15) is 24.6 Å². The molecule has 15 nitrogen and oxygen atoms in total. The van der Waals surface area contributed by atoms with Gasteiger partial charge in [-0.25, -0.2) is 9.59 Å². The number of hydrogen-bond acceptors (Lipinski definition) is 13. The minimum Gasteiger partial charge on any atom is -0.508 e. The van der Waals surface area contributed by atoms with Gasteiger partial charge in [-0.3, -0.25) is 14.4 Å². The van der Waals surface area contributed by atoms with Crippen molar-refractivity contribution < 1.29 is 52.9 Å². The Morgan fingerprint density at radius 1 is 0.984 bits per heavy atom. The minimum absolute atomic E-state index is 0.00976. The van der Waals surface area contributed by atoms with E-state index in [0.717, 1.165) is 50.7 Å². The van der Waals surface area contributed by atoms with E-state index in [-0.39, 0.29) is 68.8 Å². The SMILES string of the molecule is CC.CCCc1cc(O)cc2c1C(=O)O[C@H](C)C/C=C/C(OC(=O)COCCOCCNC(=O)CCCCC1SC[C@H](NC(C)=O)[C@@H]1C)C/C=C/C(=N/OCC(=O)N1CCCCC1)C2. The number of cyclic esters (lactones) is 1. The summed E-state index contributed by atoms with van der Waals surface area (Å²) in [4.78, 5) is 70.3. The van der Waals surface area contributed by atoms with Gasteiger partial charge in [0.25, 0.3) is 5.91 Å². The Labute approximate surface area is 384 Å². The van der Waals surface area contributed by atoms with E-state index in [1.165, 1.54) is 6.07 Å². The lowest BCUT2D eigenvalue weighted by Gasteiger charge is -2.26. The predicted molar refractivity (Wildman–Crippen MR) is 249 cm³/mol. The van der Waals surface area contributed by atoms with Crippen molar-refractivity contribution in [2.75, 3.05) is 58.4 Å². The Kier molecular flexibility index (Phi) is 25.8. The van der Waals surface area contributed by atoms with Crippen molar-refractivity contribution in [3.05, 3.63) is 53.1 Å². The van der Waals surface area contributed by atoms with Crippen LogP contribution in [0.15, 0.2) is 41.6 Å². The van der Waals surface area contributed by atoms with Gasteiger partial charge in [0.15, 0.2) is 6.61 Å². The van der Waals surface area contributed by atoms with Crippen LogP contribution in [0, 0.1) is 5.92 Å². The zero-order valence-electron chi connectivity index (χ0n) is 39.0. The Balaban J connectivity index is 0.00000537. The second-order valence-corrected chi connectivity index (χ2v) is 17.5. The molecule has 2 saturated heterocycles. The van der Waals surface area contributed by atoms with Gasteiger partial charge in [-0.2, -0.15) is 11.8 Å². The summed E-state index contributed by atoms with van der Waals surface area (Å²) in [5.41, 5.74) is 1.95. The first kappa shape index (κ1) is 53.9. The van der Waals surface area contributed by atoms with Gasteiger partial charge in [0.2, 0.25) is 11.8 Å². The number of thioether (sulfide) groups is 1. The summed E-state index contributed by atoms with van der Waals surface area (Å²) in [7, 11) is 0. The van der Waals surface area contributed by atoms with Crippen LogP contribution in [0.2, 0.25) is 0 Å². The third-order valence-electron chi connectivity index (χ3n) is 11.0. The number of phenolic OH excluding ortho intramolecular Hbond substituents is 1. The molecule has 0 bridgehead atoms. The second-order valence-electron chi connectivity index (χ2n) is 16.2. The number of esters is 2. The van der Waals surface area contributed by atoms with E-state index >= 15 is 0 Å². The molecule has 3 N–H and O–H groups in total. The molecule has 358 valence electrons. The van der Waals surface area contributed by atoms with E-state index in [2.05, 4.69) is 22.7 Å². The number of aromatic hydroxyl groups is 1. The van der Waals surface area contributed by atoms with Gasteiger partial charge in [0.05, 0.1) is 31.1 Å². The summed E-state index contributed by atoms with van der Waals surface area (Å²) >= 11 is 1.90. The van der Waals surface area contributed by atoms with Crippen LogP contribution in [0.5, 0.6) is 5.75 Å². The smallest absolute Gasteiger partial charge is 0.338 e. The topological polar surface area (TPSA) is 191 Å². The van der Waals surface area contributed by atoms with Gasteiger partial charge in [-0.1, -0.05) is 57.8 Å². The lowest BCUT2D eigenvalue weighted by Crippen LogP contribution is -2.38. The number of fused-ring (bicyclic) bond motifs is 1. The van der Waals surface area contributed by atoms with E-state index in [1.807, 2.05) is 32.5 Å². The van der Waals surface area contributed by atoms with Crippen LogP contribution in [-0.2, 0) is 55.8 Å². The predicted octanol–water partition coefficient (Wildman–Crippen LogP) is 6.63. The molecular weight excluding hydrogens is 841 g/mol. The van der Waals surface area contributed by atoms with Crippen molar-refractivity contribution in [1.82, 2.24) is 15.5 Å². The highest BCUT2D eigenvalue weighted by atomic mass is 32.2. The standard InChI is InChI=1S/C46H68N4O11S.C2H6/c1-5-13-35-27-38(52)28-36-26-37(49-59-29-43(54)50-21-9-6-10-22-50)15-12-17-39(16-11-14-32(2)60-46(56)45(35)36)61-44(55)30-58-25-24-57-23-20-47-42(53)19-8-7-18-41-33(3)40(31-62-41)48-34(4)51;1-2/h11-12,15-16,27-28,32-33,39-41,52H,5-10,13-14,17-26,29-31H2,1-4H3,(H,47,53)(H,48,51);1-2H3/b15-12+,16-11+,49-37-;/t32-,33+,39?,40+,41?;/m1./s1. The van der Waals surface area contributed by atoms with Crippen molar-refractivity contribution in [3.8, 4) is 5.75 Å². The van der Waals surface area contributed by atoms with Crippen LogP contribution in [0.4, 0.5) is 0 Å². The van der Waals surface area contributed by atoms with Crippen molar-refractivity contribution in [3.63, 3.8) is 0 Å². The third kappa shape index (κ3) is 20.2. The second kappa shape index (κ2) is 30.7. The van der Waals surface area contributed by atoms with Gasteiger partial charge < -0.3 is 44.4 Å². The van der Waals surface area contributed by atoms with Crippen molar-refractivity contribution in [2.45, 2.75) is 142 Å². The van der Waals surface area contributed by atoms with Gasteiger partial charge in [0, 0.05) is 69.3 Å². The Hall–Kier alpha value is -4.41. The molecule has 3 heterocycles. The molecule has 16 heteroatoms. The summed E-state index contributed by atoms with van der Waals surface area (Å²) < 4.78 is 22.7. The lowest BCUT2D eigenvalue weighted by molar-refractivity contribution is -0.152. The van der Waals surface area contributed by atoms with Crippen molar-refractivity contribution in [1.29, 1.82) is 0 Å². The molecule has 3 aliphatic rings. The maximum atomic E-state index is 13.6. The van der Waals surface area contributed by atoms with E-state index < -0.39 is 24.1 Å². The molecule has 1 aromatic carbocycles. The maximum Gasteiger partial charge on any atom is 0.338 e. The third-order valence-corrected chi connectivity index (χ3v) is 12.6. The molecule has 0 saturated carbocycles. The number of carbonyl (C=O) groups is 5. The Morgan fingerprint density at radius 2 is 1.75 bits per heavy atom. The molecule has 0 spiro atoms. The molecule has 64 heavy (non-hydrogen) atoms. The highest BCUT2D eigenvalue weighted by Gasteiger charge is 2.33. The number of hydrogen-bond donors (Lipinski definition) is 3. The molecule has 3 aliphatic heterocycles. The summed E-state index contributed by atoms with van der Waals surface area (Å²) in [6.07, 6.45) is 14.2. The molecule has 3 amide bonds. The number of nitrogens with zero attached hydrogens (tertiary/aromatic N) is 2. The number of piperidine rings is 1. The summed E-state index contributed by atoms with van der Waals surface area (Å²) in [6, 6.07) is 3.33. The van der Waals surface area contributed by atoms with Gasteiger partial charge >= 0.3 is 11.9 Å². The average molecular weight is 915 g/mol. The molecule has 0 aromatic heterocycles. The van der Waals surface area contributed by atoms with E-state index in [9.17, 15) is 29.1 Å². The number of phenols is 1. The molecule has 0 aliphatic carbocycles. The van der Waals surface area contributed by atoms with E-state index in [4.69, 9.17) is 23.8 Å². The summed E-state index contributed by atoms with van der Waals surface area (Å²) in [6.45, 7) is 13.4. The van der Waals surface area contributed by atoms with Gasteiger partial charge in [-0.15, -0.1) is 0 Å². The fraction of sp³-hybridized carbons (Fsp3) is 0.667. The highest BCUT2D eigenvalue weighted by Crippen LogP contribution is 2.35. The monoisotopic (exact) mass is 915 g/mol. The lowest BCUT2D eigenvalue weighted by atomic mass is 9.93. The van der Waals surface area contributed by atoms with Crippen LogP contribution in [0.25, 0.3) is 0 Å². The average Bonchev–Trinajstić information content (AvgIpc) is 3.60. The number of allylic oxidation sites excluding steroid dienone is 1. The Bertz CT molecular complexity index is 1710. The fourth-order valence-electron chi connectivity index (χ4n) is 7.69. The highest BCUT2D eigenvalue weighted by molar-refractivity contribution is 8.00. The number of amides is 3. The van der Waals surface area contributed by atoms with Crippen LogP contribution < -0.4 is 10.6 Å². The van der Waals surface area contributed by atoms with E-state index in [0.29, 0.717) is 79.1 Å². The number of benzene rings is 1. The molecule has 4 rings (SSSR count). The quantitative estimate of drug-likeness (QED) is 0.0549. The molecule has 5 atom stereocenters. The minimum atomic E-state index is -0.670. The summed E-state index contributed by atoms with van der Waals surface area (Å²) in [5, 5.41) is 21.3. The number of unbranched alkanes of at least 4 members (excludes halogenated alkanes) is 1. The molecule has 0 radical (unpaired) electrons. The van der Waals surface area contributed by atoms with Gasteiger partial charge in [-0.05, 0) is 86.8 Å².